The van der Waals surface area contributed by atoms with Crippen molar-refractivity contribution >= 4 is 18.7 Å². The third kappa shape index (κ3) is 3.27. The van der Waals surface area contributed by atoms with Crippen molar-refractivity contribution in [2.75, 3.05) is 0 Å². The lowest BCUT2D eigenvalue weighted by Crippen LogP contribution is -2.63. The Hall–Kier alpha value is -2.16. The molecule has 0 saturated heterocycles. The lowest BCUT2D eigenvalue weighted by atomic mass is 10.1. The van der Waals surface area contributed by atoms with Crippen LogP contribution in [0.2, 0.25) is 5.54 Å². The van der Waals surface area contributed by atoms with Gasteiger partial charge in [0.15, 0.2) is 0 Å². The first-order valence-corrected chi connectivity index (χ1v) is 13.1. The van der Waals surface area contributed by atoms with Crippen LogP contribution in [0.1, 0.15) is 51.8 Å². The summed E-state index contributed by atoms with van der Waals surface area (Å²) in [6.07, 6.45) is 0. The highest BCUT2D eigenvalue weighted by molar-refractivity contribution is 6.99. The molecular weight excluding hydrogens is 380 g/mol. The van der Waals surface area contributed by atoms with Crippen molar-refractivity contribution in [2.45, 2.75) is 59.9 Å². The molecule has 1 aliphatic carbocycles. The van der Waals surface area contributed by atoms with E-state index in [1.54, 1.807) is 0 Å². The highest BCUT2D eigenvalue weighted by atomic mass is 28.4. The molecule has 1 aliphatic rings. The Balaban J connectivity index is 1.99. The summed E-state index contributed by atoms with van der Waals surface area (Å²) in [4.78, 5) is 12.9. The lowest BCUT2D eigenvalue weighted by molar-refractivity contribution is 0.557. The number of rotatable bonds is 4. The van der Waals surface area contributed by atoms with E-state index < -0.39 is 8.32 Å². The molecule has 0 unspecified atom stereocenters. The third-order valence-corrected chi connectivity index (χ3v) is 12.1. The van der Waals surface area contributed by atoms with Crippen LogP contribution < -0.4 is 10.4 Å². The first kappa shape index (κ1) is 21.1. The van der Waals surface area contributed by atoms with Gasteiger partial charge in [-0.1, -0.05) is 72.6 Å². The molecule has 30 heavy (non-hydrogen) atoms. The molecule has 3 aromatic carbocycles. The molecule has 0 aliphatic heterocycles. The van der Waals surface area contributed by atoms with Gasteiger partial charge in [-0.3, -0.25) is 0 Å². The van der Waals surface area contributed by atoms with Gasteiger partial charge in [0.1, 0.15) is 0 Å². The Kier molecular flexibility index (Phi) is 5.28. The molecule has 3 aromatic rings. The molecule has 1 N–H and O–H groups in total. The normalized spacial score (nSPS) is 21.0. The second-order valence-corrected chi connectivity index (χ2v) is 12.8. The van der Waals surface area contributed by atoms with E-state index in [2.05, 4.69) is 103 Å². The highest BCUT2D eigenvalue weighted by Crippen LogP contribution is 2.63. The van der Waals surface area contributed by atoms with Crippen LogP contribution in [-0.4, -0.2) is 13.1 Å². The minimum Gasteiger partial charge on any atom is -0.424 e. The standard InChI is InChI=1S/C28H34OSi/c1-17-13-19(3)26(20(4)14-17)30(29,27-21(5)15-18(2)16-22(27)6)28-23(7)25(28)24-11-9-8-10-12-24/h8-16,23,25,28-29H,1-7H3/t23-,25+,28+/m0/s1. The molecule has 0 bridgehead atoms. The molecule has 156 valence electrons. The fourth-order valence-corrected chi connectivity index (χ4v) is 11.8. The zero-order chi connectivity index (χ0) is 21.8. The quantitative estimate of drug-likeness (QED) is 0.567. The minimum atomic E-state index is -3.00. The molecule has 1 saturated carbocycles. The van der Waals surface area contributed by atoms with Crippen molar-refractivity contribution in [1.29, 1.82) is 0 Å². The van der Waals surface area contributed by atoms with E-state index in [0.29, 0.717) is 17.4 Å². The molecule has 0 aromatic heterocycles. The molecule has 0 spiro atoms. The first-order valence-electron chi connectivity index (χ1n) is 11.1. The zero-order valence-corrected chi connectivity index (χ0v) is 20.4. The van der Waals surface area contributed by atoms with E-state index in [4.69, 9.17) is 0 Å². The van der Waals surface area contributed by atoms with Crippen LogP contribution in [0.25, 0.3) is 0 Å². The summed E-state index contributed by atoms with van der Waals surface area (Å²) >= 11 is 0. The SMILES string of the molecule is Cc1cc(C)c([Si](O)(c2c(C)cc(C)cc2C)[C@@H]2[C@@H](C)[C@@H]2c2ccccc2)c(C)c1. The van der Waals surface area contributed by atoms with Crippen LogP contribution in [0, 0.1) is 47.5 Å². The summed E-state index contributed by atoms with van der Waals surface area (Å²) in [6, 6.07) is 19.8. The van der Waals surface area contributed by atoms with Gasteiger partial charge in [-0.25, -0.2) is 0 Å². The predicted molar refractivity (Wildman–Crippen MR) is 131 cm³/mol. The monoisotopic (exact) mass is 414 g/mol. The van der Waals surface area contributed by atoms with E-state index >= 15 is 0 Å². The fourth-order valence-electron chi connectivity index (χ4n) is 6.31. The van der Waals surface area contributed by atoms with Gasteiger partial charge in [0.2, 0.25) is 0 Å². The van der Waals surface area contributed by atoms with Crippen LogP contribution in [0.5, 0.6) is 0 Å². The van der Waals surface area contributed by atoms with Gasteiger partial charge in [-0.05, 0) is 97.1 Å². The number of hydrogen-bond acceptors (Lipinski definition) is 1. The van der Waals surface area contributed by atoms with E-state index in [-0.39, 0.29) is 0 Å². The molecule has 2 heteroatoms. The van der Waals surface area contributed by atoms with Crippen LogP contribution in [-0.2, 0) is 0 Å². The van der Waals surface area contributed by atoms with Gasteiger partial charge >= 0.3 is 0 Å². The highest BCUT2D eigenvalue weighted by Gasteiger charge is 2.63. The van der Waals surface area contributed by atoms with E-state index in [0.717, 1.165) is 0 Å². The molecule has 3 atom stereocenters. The molecule has 0 heterocycles. The largest absolute Gasteiger partial charge is 0.424 e. The molecule has 1 fully saturated rings. The molecule has 0 amide bonds. The van der Waals surface area contributed by atoms with Crippen LogP contribution in [0.4, 0.5) is 0 Å². The molecule has 1 nitrogen and oxygen atoms in total. The molecule has 4 rings (SSSR count). The van der Waals surface area contributed by atoms with E-state index in [1.807, 2.05) is 0 Å². The fraction of sp³-hybridized carbons (Fsp3) is 0.357. The van der Waals surface area contributed by atoms with Gasteiger partial charge in [0.05, 0.1) is 0 Å². The van der Waals surface area contributed by atoms with Gasteiger partial charge in [0, 0.05) is 0 Å². The summed E-state index contributed by atoms with van der Waals surface area (Å²) in [5, 5.41) is 2.47. The lowest BCUT2D eigenvalue weighted by Gasteiger charge is -2.33. The van der Waals surface area contributed by atoms with Crippen molar-refractivity contribution in [3.8, 4) is 0 Å². The maximum atomic E-state index is 12.9. The number of hydrogen-bond donors (Lipinski definition) is 1. The summed E-state index contributed by atoms with van der Waals surface area (Å²) in [7, 11) is -3.00. The number of benzene rings is 3. The van der Waals surface area contributed by atoms with Crippen molar-refractivity contribution in [3.05, 3.63) is 93.5 Å². The van der Waals surface area contributed by atoms with Crippen molar-refractivity contribution in [2.24, 2.45) is 5.92 Å². The Labute approximate surface area is 182 Å². The predicted octanol–water partition coefficient (Wildman–Crippen LogP) is 5.39. The minimum absolute atomic E-state index is 0.292. The van der Waals surface area contributed by atoms with Crippen molar-refractivity contribution in [1.82, 2.24) is 0 Å². The molecule has 0 radical (unpaired) electrons. The van der Waals surface area contributed by atoms with Crippen LogP contribution in [0.15, 0.2) is 54.6 Å². The average Bonchev–Trinajstić information content (AvgIpc) is 3.32. The Bertz CT molecular complexity index is 995. The Morgan fingerprint density at radius 2 is 1.07 bits per heavy atom. The van der Waals surface area contributed by atoms with Crippen molar-refractivity contribution < 1.29 is 4.80 Å². The van der Waals surface area contributed by atoms with E-state index in [9.17, 15) is 4.80 Å². The summed E-state index contributed by atoms with van der Waals surface area (Å²) in [5.74, 6) is 0.896. The number of aryl methyl sites for hydroxylation is 6. The topological polar surface area (TPSA) is 20.2 Å². The second kappa shape index (κ2) is 7.51. The van der Waals surface area contributed by atoms with Gasteiger partial charge in [-0.2, -0.15) is 0 Å². The zero-order valence-electron chi connectivity index (χ0n) is 19.4. The van der Waals surface area contributed by atoms with Crippen LogP contribution in [0.3, 0.4) is 0 Å². The van der Waals surface area contributed by atoms with Crippen molar-refractivity contribution in [3.63, 3.8) is 0 Å². The summed E-state index contributed by atoms with van der Waals surface area (Å²) < 4.78 is 0. The smallest absolute Gasteiger partial charge is 0.257 e. The van der Waals surface area contributed by atoms with Gasteiger partial charge in [0.25, 0.3) is 8.32 Å². The third-order valence-electron chi connectivity index (χ3n) is 7.16. The van der Waals surface area contributed by atoms with E-state index in [1.165, 1.54) is 49.3 Å². The molecular formula is C28H34OSi. The Morgan fingerprint density at radius 1 is 0.667 bits per heavy atom. The van der Waals surface area contributed by atoms with Gasteiger partial charge < -0.3 is 4.80 Å². The van der Waals surface area contributed by atoms with Crippen LogP contribution >= 0.6 is 0 Å². The first-order chi connectivity index (χ1) is 14.2. The summed E-state index contributed by atoms with van der Waals surface area (Å²) in [5.41, 5.74) is 9.17. The summed E-state index contributed by atoms with van der Waals surface area (Å²) in [6.45, 7) is 15.4. The maximum absolute atomic E-state index is 12.9. The second-order valence-electron chi connectivity index (χ2n) is 9.64. The Morgan fingerprint density at radius 3 is 1.47 bits per heavy atom. The maximum Gasteiger partial charge on any atom is 0.257 e. The van der Waals surface area contributed by atoms with Gasteiger partial charge in [-0.15, -0.1) is 0 Å². The average molecular weight is 415 g/mol.